The fourth-order valence-corrected chi connectivity index (χ4v) is 5.75. The number of carbonyl (C=O) groups excluding carboxylic acids is 1. The van der Waals surface area contributed by atoms with Crippen LogP contribution in [-0.4, -0.2) is 45.2 Å². The maximum absolute atomic E-state index is 12.9. The first kappa shape index (κ1) is 25.8. The highest BCUT2D eigenvalue weighted by molar-refractivity contribution is 7.99. The maximum Gasteiger partial charge on any atom is 0.308 e. The van der Waals surface area contributed by atoms with E-state index in [1.54, 1.807) is 42.0 Å². The number of hydrogen-bond donors (Lipinski definition) is 1. The summed E-state index contributed by atoms with van der Waals surface area (Å²) in [6.07, 6.45) is 0. The smallest absolute Gasteiger partial charge is 0.308 e. The molecule has 0 aliphatic rings. The van der Waals surface area contributed by atoms with Gasteiger partial charge in [-0.15, -0.1) is 10.2 Å². The zero-order valence-electron chi connectivity index (χ0n) is 20.4. The number of benzene rings is 3. The van der Waals surface area contributed by atoms with Crippen molar-refractivity contribution < 1.29 is 14.3 Å². The average Bonchev–Trinajstić information content (AvgIpc) is 3.47. The molecule has 0 saturated heterocycles. The Kier molecular flexibility index (Phi) is 7.68. The minimum atomic E-state index is -0.260. The number of carbonyl (C=O) groups is 1. The first-order valence-electron chi connectivity index (χ1n) is 11.4. The van der Waals surface area contributed by atoms with Gasteiger partial charge in [0.15, 0.2) is 11.0 Å². The number of thiazole rings is 1. The van der Waals surface area contributed by atoms with E-state index in [4.69, 9.17) is 21.1 Å². The van der Waals surface area contributed by atoms with Gasteiger partial charge in [-0.3, -0.25) is 18.7 Å². The van der Waals surface area contributed by atoms with Crippen molar-refractivity contribution in [3.05, 3.63) is 87.2 Å². The Hall–Kier alpha value is -3.80. The van der Waals surface area contributed by atoms with E-state index in [1.165, 1.54) is 30.2 Å². The van der Waals surface area contributed by atoms with Crippen molar-refractivity contribution in [1.29, 1.82) is 0 Å². The number of para-hydroxylation sites is 1. The van der Waals surface area contributed by atoms with Crippen molar-refractivity contribution in [2.75, 3.05) is 25.3 Å². The van der Waals surface area contributed by atoms with Crippen molar-refractivity contribution in [3.8, 4) is 17.2 Å². The molecule has 0 atom stereocenters. The van der Waals surface area contributed by atoms with Gasteiger partial charge < -0.3 is 14.8 Å². The van der Waals surface area contributed by atoms with Crippen molar-refractivity contribution in [1.82, 2.24) is 19.3 Å². The lowest BCUT2D eigenvalue weighted by Crippen LogP contribution is -2.17. The number of anilines is 1. The second kappa shape index (κ2) is 11.3. The van der Waals surface area contributed by atoms with Crippen molar-refractivity contribution in [3.63, 3.8) is 0 Å². The second-order valence-electron chi connectivity index (χ2n) is 8.04. The van der Waals surface area contributed by atoms with Crippen molar-refractivity contribution in [2.24, 2.45) is 0 Å². The molecule has 1 N–H and O–H groups in total. The molecule has 12 heteroatoms. The summed E-state index contributed by atoms with van der Waals surface area (Å²) < 4.78 is 15.0. The first-order chi connectivity index (χ1) is 18.5. The van der Waals surface area contributed by atoms with Gasteiger partial charge in [-0.1, -0.05) is 52.9 Å². The van der Waals surface area contributed by atoms with Crippen LogP contribution in [0.25, 0.3) is 15.9 Å². The molecule has 1 amide bonds. The first-order valence-corrected chi connectivity index (χ1v) is 13.6. The standard InChI is InChI=1S/C26H22ClN5O4S2/c1-35-18-10-11-21(36-2)19(13-18)28-24(33)15-37-25-30-29-23(32(25)17-7-5-6-16(27)12-17)14-31-20-8-3-4-9-22(20)38-26(31)34/h3-13H,14-15H2,1-2H3,(H,28,33). The molecule has 38 heavy (non-hydrogen) atoms. The monoisotopic (exact) mass is 567 g/mol. The van der Waals surface area contributed by atoms with Crippen LogP contribution < -0.4 is 19.7 Å². The summed E-state index contributed by atoms with van der Waals surface area (Å²) in [6.45, 7) is 0.204. The van der Waals surface area contributed by atoms with Crippen LogP contribution in [-0.2, 0) is 11.3 Å². The van der Waals surface area contributed by atoms with Crippen LogP contribution >= 0.6 is 34.7 Å². The molecule has 5 rings (SSSR count). The lowest BCUT2D eigenvalue weighted by atomic mass is 10.2. The Morgan fingerprint density at radius 1 is 1.05 bits per heavy atom. The largest absolute Gasteiger partial charge is 0.497 e. The van der Waals surface area contributed by atoms with Gasteiger partial charge in [0, 0.05) is 11.1 Å². The van der Waals surface area contributed by atoms with E-state index >= 15 is 0 Å². The highest BCUT2D eigenvalue weighted by Gasteiger charge is 2.19. The number of amides is 1. The van der Waals surface area contributed by atoms with Crippen LogP contribution in [0, 0.1) is 0 Å². The number of nitrogens with one attached hydrogen (secondary N) is 1. The lowest BCUT2D eigenvalue weighted by Gasteiger charge is -2.13. The van der Waals surface area contributed by atoms with E-state index < -0.39 is 0 Å². The minimum absolute atomic E-state index is 0.0559. The number of aromatic nitrogens is 4. The molecule has 0 aliphatic heterocycles. The summed E-state index contributed by atoms with van der Waals surface area (Å²) in [4.78, 5) is 25.5. The molecule has 0 bridgehead atoms. The number of ether oxygens (including phenoxy) is 2. The highest BCUT2D eigenvalue weighted by Crippen LogP contribution is 2.30. The van der Waals surface area contributed by atoms with Gasteiger partial charge in [0.05, 0.1) is 48.1 Å². The molecule has 2 aromatic heterocycles. The summed E-state index contributed by atoms with van der Waals surface area (Å²) in [5.41, 5.74) is 2.05. The van der Waals surface area contributed by atoms with Gasteiger partial charge in [0.25, 0.3) is 0 Å². The Labute approximate surface area is 231 Å². The van der Waals surface area contributed by atoms with Crippen LogP contribution in [0.5, 0.6) is 11.5 Å². The second-order valence-corrected chi connectivity index (χ2v) is 10.4. The Morgan fingerprint density at radius 3 is 2.68 bits per heavy atom. The summed E-state index contributed by atoms with van der Waals surface area (Å²) in [5.74, 6) is 1.44. The molecule has 0 fully saturated rings. The van der Waals surface area contributed by atoms with Gasteiger partial charge in [0.2, 0.25) is 5.91 Å². The number of nitrogens with zero attached hydrogens (tertiary/aromatic N) is 4. The summed E-state index contributed by atoms with van der Waals surface area (Å²) in [7, 11) is 3.08. The normalized spacial score (nSPS) is 11.0. The Morgan fingerprint density at radius 2 is 1.89 bits per heavy atom. The molecule has 9 nitrogen and oxygen atoms in total. The molecule has 0 unspecified atom stereocenters. The topological polar surface area (TPSA) is 100 Å². The third-order valence-corrected chi connectivity index (χ3v) is 7.78. The van der Waals surface area contributed by atoms with E-state index in [0.717, 1.165) is 15.9 Å². The molecule has 0 saturated carbocycles. The quantitative estimate of drug-likeness (QED) is 0.247. The van der Waals surface area contributed by atoms with Gasteiger partial charge in [-0.25, -0.2) is 0 Å². The maximum atomic E-state index is 12.9. The van der Waals surface area contributed by atoms with E-state index in [9.17, 15) is 9.59 Å². The van der Waals surface area contributed by atoms with Gasteiger partial charge >= 0.3 is 4.87 Å². The zero-order chi connectivity index (χ0) is 26.6. The van der Waals surface area contributed by atoms with E-state index in [2.05, 4.69) is 15.5 Å². The predicted molar refractivity (Wildman–Crippen MR) is 150 cm³/mol. The number of rotatable bonds is 9. The molecule has 0 aliphatic carbocycles. The number of thioether (sulfide) groups is 1. The van der Waals surface area contributed by atoms with E-state index in [-0.39, 0.29) is 23.1 Å². The van der Waals surface area contributed by atoms with Gasteiger partial charge in [-0.2, -0.15) is 0 Å². The third kappa shape index (κ3) is 5.40. The SMILES string of the molecule is COc1ccc(OC)c(NC(=O)CSc2nnc(Cn3c(=O)sc4ccccc43)n2-c2cccc(Cl)c2)c1. The molecule has 0 radical (unpaired) electrons. The molecule has 194 valence electrons. The number of methoxy groups -OCH3 is 2. The number of fused-ring (bicyclic) bond motifs is 1. The molecule has 0 spiro atoms. The van der Waals surface area contributed by atoms with Crippen LogP contribution in [0.2, 0.25) is 5.02 Å². The van der Waals surface area contributed by atoms with E-state index in [0.29, 0.717) is 33.2 Å². The molecule has 2 heterocycles. The van der Waals surface area contributed by atoms with Gasteiger partial charge in [0.1, 0.15) is 11.5 Å². The average molecular weight is 568 g/mol. The highest BCUT2D eigenvalue weighted by atomic mass is 35.5. The summed E-state index contributed by atoms with van der Waals surface area (Å²) >= 11 is 8.68. The summed E-state index contributed by atoms with van der Waals surface area (Å²) in [6, 6.07) is 20.0. The van der Waals surface area contributed by atoms with Gasteiger partial charge in [-0.05, 0) is 42.5 Å². The Bertz CT molecular complexity index is 1680. The molecular weight excluding hydrogens is 546 g/mol. The van der Waals surface area contributed by atoms with Crippen LogP contribution in [0.15, 0.2) is 76.7 Å². The lowest BCUT2D eigenvalue weighted by molar-refractivity contribution is -0.113. The molecule has 3 aromatic carbocycles. The summed E-state index contributed by atoms with van der Waals surface area (Å²) in [5, 5.41) is 12.6. The fourth-order valence-electron chi connectivity index (χ4n) is 3.90. The van der Waals surface area contributed by atoms with Crippen molar-refractivity contribution in [2.45, 2.75) is 11.7 Å². The number of halogens is 1. The molecule has 5 aromatic rings. The van der Waals surface area contributed by atoms with Crippen molar-refractivity contribution >= 4 is 56.5 Å². The fraction of sp³-hybridized carbons (Fsp3) is 0.154. The van der Waals surface area contributed by atoms with Crippen LogP contribution in [0.4, 0.5) is 5.69 Å². The minimum Gasteiger partial charge on any atom is -0.497 e. The van der Waals surface area contributed by atoms with Crippen LogP contribution in [0.1, 0.15) is 5.82 Å². The van der Waals surface area contributed by atoms with Crippen LogP contribution in [0.3, 0.4) is 0 Å². The zero-order valence-corrected chi connectivity index (χ0v) is 22.8. The third-order valence-electron chi connectivity index (χ3n) is 5.65. The molecular formula is C26H22ClN5O4S2. The predicted octanol–water partition coefficient (Wildman–Crippen LogP) is 5.09. The number of hydrogen-bond acceptors (Lipinski definition) is 8. The van der Waals surface area contributed by atoms with E-state index in [1.807, 2.05) is 41.0 Å². The Balaban J connectivity index is 1.43.